The van der Waals surface area contributed by atoms with Crippen LogP contribution in [0.3, 0.4) is 0 Å². The predicted molar refractivity (Wildman–Crippen MR) is 79.8 cm³/mol. The van der Waals surface area contributed by atoms with E-state index in [1.165, 1.54) is 31.2 Å². The standard InChI is InChI=1S/C17H27NO/c1-13(2)16-8-3-4-9-17(16)18-11-14-6-5-7-15(10-14)12-19/h5-7,10,13,16-19H,3-4,8-9,11-12H2,1-2H3. The lowest BCUT2D eigenvalue weighted by Gasteiger charge is -2.35. The Kier molecular flexibility index (Phi) is 5.41. The number of aliphatic hydroxyl groups excluding tert-OH is 1. The van der Waals surface area contributed by atoms with E-state index in [1.807, 2.05) is 12.1 Å². The van der Waals surface area contributed by atoms with Crippen LogP contribution in [0.15, 0.2) is 24.3 Å². The van der Waals surface area contributed by atoms with Gasteiger partial charge in [0.15, 0.2) is 0 Å². The van der Waals surface area contributed by atoms with Gasteiger partial charge in [-0.1, -0.05) is 51.0 Å². The fraction of sp³-hybridized carbons (Fsp3) is 0.647. The maximum absolute atomic E-state index is 9.17. The topological polar surface area (TPSA) is 32.3 Å². The van der Waals surface area contributed by atoms with Crippen molar-refractivity contribution in [3.8, 4) is 0 Å². The molecule has 1 aromatic carbocycles. The van der Waals surface area contributed by atoms with E-state index in [2.05, 4.69) is 31.3 Å². The third-order valence-corrected chi connectivity index (χ3v) is 4.42. The van der Waals surface area contributed by atoms with Crippen molar-refractivity contribution in [2.75, 3.05) is 0 Å². The minimum Gasteiger partial charge on any atom is -0.392 e. The van der Waals surface area contributed by atoms with Gasteiger partial charge in [0, 0.05) is 12.6 Å². The molecule has 2 rings (SSSR count). The largest absolute Gasteiger partial charge is 0.392 e. The van der Waals surface area contributed by atoms with Crippen molar-refractivity contribution in [3.63, 3.8) is 0 Å². The van der Waals surface area contributed by atoms with Gasteiger partial charge in [-0.2, -0.15) is 0 Å². The zero-order valence-corrected chi connectivity index (χ0v) is 12.2. The summed E-state index contributed by atoms with van der Waals surface area (Å²) >= 11 is 0. The zero-order valence-electron chi connectivity index (χ0n) is 12.2. The van der Waals surface area contributed by atoms with Gasteiger partial charge in [0.25, 0.3) is 0 Å². The maximum Gasteiger partial charge on any atom is 0.0681 e. The zero-order chi connectivity index (χ0) is 13.7. The summed E-state index contributed by atoms with van der Waals surface area (Å²) < 4.78 is 0. The summed E-state index contributed by atoms with van der Waals surface area (Å²) in [5.41, 5.74) is 2.28. The molecule has 0 amide bonds. The summed E-state index contributed by atoms with van der Waals surface area (Å²) in [5.74, 6) is 1.58. The molecule has 0 saturated heterocycles. The first-order valence-corrected chi connectivity index (χ1v) is 7.62. The van der Waals surface area contributed by atoms with Crippen LogP contribution in [-0.4, -0.2) is 11.1 Å². The quantitative estimate of drug-likeness (QED) is 0.850. The second kappa shape index (κ2) is 7.06. The van der Waals surface area contributed by atoms with Crippen LogP contribution in [0.5, 0.6) is 0 Å². The van der Waals surface area contributed by atoms with Gasteiger partial charge in [-0.05, 0) is 35.8 Å². The number of nitrogens with one attached hydrogen (secondary N) is 1. The van der Waals surface area contributed by atoms with E-state index in [1.54, 1.807) is 0 Å². The molecule has 0 aromatic heterocycles. The second-order valence-electron chi connectivity index (χ2n) is 6.16. The molecule has 106 valence electrons. The van der Waals surface area contributed by atoms with Gasteiger partial charge >= 0.3 is 0 Å². The molecule has 0 bridgehead atoms. The number of hydrogen-bond acceptors (Lipinski definition) is 2. The number of aliphatic hydroxyl groups is 1. The summed E-state index contributed by atoms with van der Waals surface area (Å²) in [6.07, 6.45) is 5.42. The lowest BCUT2D eigenvalue weighted by atomic mass is 9.78. The van der Waals surface area contributed by atoms with Crippen molar-refractivity contribution >= 4 is 0 Å². The molecule has 19 heavy (non-hydrogen) atoms. The van der Waals surface area contributed by atoms with Gasteiger partial charge in [-0.3, -0.25) is 0 Å². The Morgan fingerprint density at radius 2 is 1.95 bits per heavy atom. The van der Waals surface area contributed by atoms with Crippen molar-refractivity contribution in [2.24, 2.45) is 11.8 Å². The Labute approximate surface area is 117 Å². The predicted octanol–water partition coefficient (Wildman–Crippen LogP) is 3.48. The number of hydrogen-bond donors (Lipinski definition) is 2. The highest BCUT2D eigenvalue weighted by Crippen LogP contribution is 2.30. The second-order valence-corrected chi connectivity index (χ2v) is 6.16. The molecule has 0 aliphatic heterocycles. The first-order chi connectivity index (χ1) is 9.20. The Hall–Kier alpha value is -0.860. The van der Waals surface area contributed by atoms with Crippen molar-refractivity contribution in [2.45, 2.75) is 58.7 Å². The van der Waals surface area contributed by atoms with Crippen LogP contribution < -0.4 is 5.32 Å². The van der Waals surface area contributed by atoms with E-state index in [9.17, 15) is 5.11 Å². The third-order valence-electron chi connectivity index (χ3n) is 4.42. The highest BCUT2D eigenvalue weighted by atomic mass is 16.3. The molecule has 1 saturated carbocycles. The van der Waals surface area contributed by atoms with Crippen molar-refractivity contribution < 1.29 is 5.11 Å². The molecule has 2 unspecified atom stereocenters. The fourth-order valence-electron chi connectivity index (χ4n) is 3.30. The molecule has 1 aliphatic carbocycles. The van der Waals surface area contributed by atoms with Crippen LogP contribution in [-0.2, 0) is 13.2 Å². The van der Waals surface area contributed by atoms with Gasteiger partial charge in [0.2, 0.25) is 0 Å². The lowest BCUT2D eigenvalue weighted by Crippen LogP contribution is -2.40. The van der Waals surface area contributed by atoms with E-state index in [-0.39, 0.29) is 6.61 Å². The van der Waals surface area contributed by atoms with E-state index in [0.717, 1.165) is 23.9 Å². The van der Waals surface area contributed by atoms with Crippen LogP contribution in [0.4, 0.5) is 0 Å². The molecule has 2 nitrogen and oxygen atoms in total. The average molecular weight is 261 g/mol. The summed E-state index contributed by atoms with van der Waals surface area (Å²) in [5, 5.41) is 12.9. The summed E-state index contributed by atoms with van der Waals surface area (Å²) in [6, 6.07) is 8.90. The summed E-state index contributed by atoms with van der Waals surface area (Å²) in [4.78, 5) is 0. The van der Waals surface area contributed by atoms with Crippen LogP contribution in [0.25, 0.3) is 0 Å². The monoisotopic (exact) mass is 261 g/mol. The number of benzene rings is 1. The first kappa shape index (κ1) is 14.5. The van der Waals surface area contributed by atoms with Crippen molar-refractivity contribution in [1.29, 1.82) is 0 Å². The molecule has 2 N–H and O–H groups in total. The molecule has 1 fully saturated rings. The summed E-state index contributed by atoms with van der Waals surface area (Å²) in [6.45, 7) is 5.74. The van der Waals surface area contributed by atoms with Gasteiger partial charge in [0.05, 0.1) is 6.61 Å². The molecule has 0 heterocycles. The van der Waals surface area contributed by atoms with Gasteiger partial charge in [-0.25, -0.2) is 0 Å². The van der Waals surface area contributed by atoms with E-state index in [0.29, 0.717) is 6.04 Å². The minimum atomic E-state index is 0.131. The molecule has 2 atom stereocenters. The van der Waals surface area contributed by atoms with Crippen LogP contribution in [0.2, 0.25) is 0 Å². The fourth-order valence-corrected chi connectivity index (χ4v) is 3.30. The Balaban J connectivity index is 1.92. The Morgan fingerprint density at radius 3 is 2.68 bits per heavy atom. The van der Waals surface area contributed by atoms with Crippen LogP contribution >= 0.6 is 0 Å². The summed E-state index contributed by atoms with van der Waals surface area (Å²) in [7, 11) is 0. The SMILES string of the molecule is CC(C)C1CCCCC1NCc1cccc(CO)c1. The van der Waals surface area contributed by atoms with Crippen LogP contribution in [0.1, 0.15) is 50.7 Å². The van der Waals surface area contributed by atoms with E-state index >= 15 is 0 Å². The van der Waals surface area contributed by atoms with Gasteiger partial charge in [0.1, 0.15) is 0 Å². The Bertz CT molecular complexity index is 389. The molecule has 1 aromatic rings. The minimum absolute atomic E-state index is 0.131. The lowest BCUT2D eigenvalue weighted by molar-refractivity contribution is 0.204. The van der Waals surface area contributed by atoms with Gasteiger partial charge in [-0.15, -0.1) is 0 Å². The normalized spacial score (nSPS) is 23.8. The maximum atomic E-state index is 9.17. The smallest absolute Gasteiger partial charge is 0.0681 e. The highest BCUT2D eigenvalue weighted by molar-refractivity contribution is 5.22. The first-order valence-electron chi connectivity index (χ1n) is 7.62. The molecule has 0 spiro atoms. The van der Waals surface area contributed by atoms with Crippen molar-refractivity contribution in [1.82, 2.24) is 5.32 Å². The van der Waals surface area contributed by atoms with Crippen molar-refractivity contribution in [3.05, 3.63) is 35.4 Å². The van der Waals surface area contributed by atoms with Crippen LogP contribution in [0, 0.1) is 11.8 Å². The van der Waals surface area contributed by atoms with Gasteiger partial charge < -0.3 is 10.4 Å². The number of rotatable bonds is 5. The average Bonchev–Trinajstić information content (AvgIpc) is 2.45. The van der Waals surface area contributed by atoms with E-state index in [4.69, 9.17) is 0 Å². The molecule has 2 heteroatoms. The van der Waals surface area contributed by atoms with E-state index < -0.39 is 0 Å². The molecular formula is C17H27NO. The molecular weight excluding hydrogens is 234 g/mol. The third kappa shape index (κ3) is 4.05. The highest BCUT2D eigenvalue weighted by Gasteiger charge is 2.26. The molecule has 1 aliphatic rings. The Morgan fingerprint density at radius 1 is 1.21 bits per heavy atom. The molecule has 0 radical (unpaired) electrons.